The van der Waals surface area contributed by atoms with Crippen molar-refractivity contribution in [2.75, 3.05) is 32.8 Å². The Balaban J connectivity index is 1.65. The summed E-state index contributed by atoms with van der Waals surface area (Å²) in [6, 6.07) is 5.78. The fraction of sp³-hybridized carbons (Fsp3) is 0.619. The van der Waals surface area contributed by atoms with Gasteiger partial charge in [0, 0.05) is 6.42 Å². The summed E-state index contributed by atoms with van der Waals surface area (Å²) in [6.07, 6.45) is 2.61. The van der Waals surface area contributed by atoms with Crippen LogP contribution < -0.4 is 25.4 Å². The Hall–Kier alpha value is -2.28. The average Bonchev–Trinajstić information content (AvgIpc) is 2.90. The minimum atomic E-state index is -0.259. The fourth-order valence-corrected chi connectivity index (χ4v) is 4.01. The zero-order chi connectivity index (χ0) is 20.1. The van der Waals surface area contributed by atoms with Gasteiger partial charge in [0.25, 0.3) is 5.91 Å². The van der Waals surface area contributed by atoms with E-state index < -0.39 is 0 Å². The molecule has 0 aliphatic carbocycles. The molecule has 0 bridgehead atoms. The molecule has 0 radical (unpaired) electrons. The third kappa shape index (κ3) is 5.16. The first-order valence-electron chi connectivity index (χ1n) is 10.3. The molecule has 0 aromatic heterocycles. The normalized spacial score (nSPS) is 23.0. The molecular formula is C21H32N3O4+. The van der Waals surface area contributed by atoms with Crippen LogP contribution >= 0.6 is 0 Å². The molecule has 1 aromatic rings. The van der Waals surface area contributed by atoms with Crippen LogP contribution in [-0.2, 0) is 9.59 Å². The molecule has 4 N–H and O–H groups in total. The number of nitrogens with one attached hydrogen (secondary N) is 2. The number of carbonyl (C=O) groups is 2. The van der Waals surface area contributed by atoms with Crippen LogP contribution in [0.1, 0.15) is 44.7 Å². The summed E-state index contributed by atoms with van der Waals surface area (Å²) in [5, 5.41) is 3.17. The van der Waals surface area contributed by atoms with E-state index in [1.54, 1.807) is 0 Å². The number of hydrogen-bond acceptors (Lipinski definition) is 4. The van der Waals surface area contributed by atoms with E-state index in [9.17, 15) is 9.59 Å². The van der Waals surface area contributed by atoms with Crippen LogP contribution in [0.25, 0.3) is 0 Å². The summed E-state index contributed by atoms with van der Waals surface area (Å²) < 4.78 is 11.5. The SMILES string of the molecule is CC(C)[C@@H](NC(=O)C[NH+]1CCC[C@H](C(N)=O)C1)c1ccc2c(c1)OCCCO2. The van der Waals surface area contributed by atoms with E-state index in [1.165, 1.54) is 0 Å². The number of likely N-dealkylation sites (tertiary alicyclic amines) is 1. The maximum absolute atomic E-state index is 12.7. The molecule has 0 saturated carbocycles. The quantitative estimate of drug-likeness (QED) is 0.657. The Morgan fingerprint density at radius 1 is 1.21 bits per heavy atom. The molecule has 28 heavy (non-hydrogen) atoms. The summed E-state index contributed by atoms with van der Waals surface area (Å²) in [5.74, 6) is 1.32. The molecule has 7 heteroatoms. The molecule has 3 atom stereocenters. The lowest BCUT2D eigenvalue weighted by Crippen LogP contribution is -3.15. The predicted molar refractivity (Wildman–Crippen MR) is 105 cm³/mol. The number of ether oxygens (including phenoxy) is 2. The summed E-state index contributed by atoms with van der Waals surface area (Å²) in [6.45, 7) is 7.36. The van der Waals surface area contributed by atoms with Gasteiger partial charge in [0.15, 0.2) is 18.0 Å². The summed E-state index contributed by atoms with van der Waals surface area (Å²) >= 11 is 0. The van der Waals surface area contributed by atoms with Crippen molar-refractivity contribution < 1.29 is 24.0 Å². The maximum atomic E-state index is 12.7. The van der Waals surface area contributed by atoms with E-state index in [0.29, 0.717) is 26.3 Å². The van der Waals surface area contributed by atoms with E-state index in [-0.39, 0.29) is 29.7 Å². The lowest BCUT2D eigenvalue weighted by molar-refractivity contribution is -0.899. The van der Waals surface area contributed by atoms with Gasteiger partial charge in [-0.05, 0) is 36.5 Å². The molecule has 2 heterocycles. The van der Waals surface area contributed by atoms with Gasteiger partial charge in [-0.3, -0.25) is 9.59 Å². The van der Waals surface area contributed by atoms with Crippen LogP contribution in [0.4, 0.5) is 0 Å². The number of nitrogens with two attached hydrogens (primary N) is 1. The maximum Gasteiger partial charge on any atom is 0.275 e. The zero-order valence-electron chi connectivity index (χ0n) is 16.8. The molecule has 1 fully saturated rings. The van der Waals surface area contributed by atoms with Gasteiger partial charge in [0.05, 0.1) is 38.3 Å². The Bertz CT molecular complexity index is 707. The van der Waals surface area contributed by atoms with Crippen LogP contribution in [0.3, 0.4) is 0 Å². The topological polar surface area (TPSA) is 95.1 Å². The molecule has 2 aliphatic heterocycles. The molecule has 1 aromatic carbocycles. The molecule has 7 nitrogen and oxygen atoms in total. The van der Waals surface area contributed by atoms with E-state index in [1.807, 2.05) is 18.2 Å². The highest BCUT2D eigenvalue weighted by Gasteiger charge is 2.29. The number of hydrogen-bond donors (Lipinski definition) is 3. The van der Waals surface area contributed by atoms with Crippen molar-refractivity contribution >= 4 is 11.8 Å². The third-order valence-electron chi connectivity index (χ3n) is 5.54. The van der Waals surface area contributed by atoms with Crippen LogP contribution in [0.2, 0.25) is 0 Å². The lowest BCUT2D eigenvalue weighted by atomic mass is 9.95. The Labute approximate surface area is 166 Å². The van der Waals surface area contributed by atoms with Crippen molar-refractivity contribution in [1.82, 2.24) is 5.32 Å². The predicted octanol–water partition coefficient (Wildman–Crippen LogP) is 0.441. The number of rotatable bonds is 6. The van der Waals surface area contributed by atoms with E-state index >= 15 is 0 Å². The Morgan fingerprint density at radius 2 is 1.96 bits per heavy atom. The average molecular weight is 391 g/mol. The molecule has 2 amide bonds. The van der Waals surface area contributed by atoms with Crippen LogP contribution in [0.15, 0.2) is 18.2 Å². The van der Waals surface area contributed by atoms with Crippen molar-refractivity contribution in [2.24, 2.45) is 17.6 Å². The smallest absolute Gasteiger partial charge is 0.275 e. The second-order valence-electron chi connectivity index (χ2n) is 8.17. The molecule has 2 aliphatic rings. The molecule has 0 spiro atoms. The van der Waals surface area contributed by atoms with Gasteiger partial charge in [0.2, 0.25) is 5.91 Å². The highest BCUT2D eigenvalue weighted by molar-refractivity contribution is 5.78. The van der Waals surface area contributed by atoms with Gasteiger partial charge in [-0.2, -0.15) is 0 Å². The number of primary amides is 1. The number of amides is 2. The first kappa shape index (κ1) is 20.5. The van der Waals surface area contributed by atoms with Gasteiger partial charge in [-0.15, -0.1) is 0 Å². The fourth-order valence-electron chi connectivity index (χ4n) is 4.01. The summed E-state index contributed by atoms with van der Waals surface area (Å²) in [4.78, 5) is 25.3. The molecule has 154 valence electrons. The second-order valence-corrected chi connectivity index (χ2v) is 8.17. The van der Waals surface area contributed by atoms with Crippen molar-refractivity contribution in [3.8, 4) is 11.5 Å². The summed E-state index contributed by atoms with van der Waals surface area (Å²) in [7, 11) is 0. The Kier molecular flexibility index (Phi) is 6.78. The van der Waals surface area contributed by atoms with Crippen molar-refractivity contribution in [2.45, 2.75) is 39.2 Å². The van der Waals surface area contributed by atoms with Gasteiger partial charge in [-0.1, -0.05) is 19.9 Å². The van der Waals surface area contributed by atoms with Gasteiger partial charge in [0.1, 0.15) is 0 Å². The number of benzene rings is 1. The molecule has 1 saturated heterocycles. The van der Waals surface area contributed by atoms with Gasteiger partial charge < -0.3 is 25.4 Å². The molecule has 3 rings (SSSR count). The first-order chi connectivity index (χ1) is 13.4. The van der Waals surface area contributed by atoms with E-state index in [4.69, 9.17) is 15.2 Å². The van der Waals surface area contributed by atoms with Crippen LogP contribution in [0.5, 0.6) is 11.5 Å². The van der Waals surface area contributed by atoms with Crippen molar-refractivity contribution in [3.63, 3.8) is 0 Å². The minimum Gasteiger partial charge on any atom is -0.490 e. The first-order valence-corrected chi connectivity index (χ1v) is 10.3. The second kappa shape index (κ2) is 9.28. The monoisotopic (exact) mass is 390 g/mol. The van der Waals surface area contributed by atoms with Gasteiger partial charge >= 0.3 is 0 Å². The van der Waals surface area contributed by atoms with Crippen LogP contribution in [-0.4, -0.2) is 44.7 Å². The number of fused-ring (bicyclic) bond motifs is 1. The number of quaternary nitrogens is 1. The Morgan fingerprint density at radius 3 is 2.68 bits per heavy atom. The largest absolute Gasteiger partial charge is 0.490 e. The van der Waals surface area contributed by atoms with Gasteiger partial charge in [-0.25, -0.2) is 0 Å². The van der Waals surface area contributed by atoms with Crippen molar-refractivity contribution in [3.05, 3.63) is 23.8 Å². The minimum absolute atomic E-state index is 0.00840. The highest BCUT2D eigenvalue weighted by Crippen LogP contribution is 2.34. The standard InChI is InChI=1S/C21H31N3O4/c1-14(2)20(15-6-7-17-18(11-15)28-10-4-9-27-17)23-19(25)13-24-8-3-5-16(12-24)21(22)26/h6-7,11,14,16,20H,3-5,8-10,12-13H2,1-2H3,(H2,22,26)(H,23,25)/p+1/t16-,20+/m0/s1. The lowest BCUT2D eigenvalue weighted by Gasteiger charge is -2.29. The zero-order valence-corrected chi connectivity index (χ0v) is 16.8. The highest BCUT2D eigenvalue weighted by atomic mass is 16.5. The third-order valence-corrected chi connectivity index (χ3v) is 5.54. The van der Waals surface area contributed by atoms with E-state index in [0.717, 1.165) is 47.8 Å². The number of carbonyl (C=O) groups excluding carboxylic acids is 2. The number of piperidine rings is 1. The molecule has 1 unspecified atom stereocenters. The summed E-state index contributed by atoms with van der Waals surface area (Å²) in [5.41, 5.74) is 6.46. The van der Waals surface area contributed by atoms with Crippen LogP contribution in [0, 0.1) is 11.8 Å². The van der Waals surface area contributed by atoms with Crippen molar-refractivity contribution in [1.29, 1.82) is 0 Å². The molecular weight excluding hydrogens is 358 g/mol. The van der Waals surface area contributed by atoms with E-state index in [2.05, 4.69) is 19.2 Å².